The fourth-order valence-electron chi connectivity index (χ4n) is 2.18. The van der Waals surface area contributed by atoms with Gasteiger partial charge < -0.3 is 0 Å². The van der Waals surface area contributed by atoms with Crippen molar-refractivity contribution in [3.63, 3.8) is 0 Å². The topological polar surface area (TPSA) is 47.2 Å². The lowest BCUT2D eigenvalue weighted by atomic mass is 10.3. The zero-order valence-corrected chi connectivity index (χ0v) is 11.2. The Hall–Kier alpha value is -2.40. The number of fused-ring (bicyclic) bond motifs is 3. The molecule has 0 bridgehead atoms. The number of nitrogens with zero attached hydrogens (tertiary/aromatic N) is 3. The summed E-state index contributed by atoms with van der Waals surface area (Å²) in [5, 5.41) is 1.15. The number of aromatic nitrogens is 2. The summed E-state index contributed by atoms with van der Waals surface area (Å²) in [4.78, 5) is 21.3. The van der Waals surface area contributed by atoms with E-state index in [0.29, 0.717) is 10.2 Å². The molecule has 1 aliphatic rings. The molecule has 96 valence electrons. The highest BCUT2D eigenvalue weighted by Crippen LogP contribution is 2.32. The first-order valence-electron chi connectivity index (χ1n) is 6.17. The molecule has 4 nitrogen and oxygen atoms in total. The van der Waals surface area contributed by atoms with E-state index in [1.165, 1.54) is 11.8 Å². The zero-order valence-electron chi connectivity index (χ0n) is 10.4. The predicted octanol–water partition coefficient (Wildman–Crippen LogP) is 3.51. The Morgan fingerprint density at radius 2 is 1.75 bits per heavy atom. The summed E-state index contributed by atoms with van der Waals surface area (Å²) in [5.41, 5.74) is 2.44. The molecule has 1 aromatic heterocycles. The molecule has 20 heavy (non-hydrogen) atoms. The van der Waals surface area contributed by atoms with Crippen molar-refractivity contribution in [1.29, 1.82) is 0 Å². The van der Waals surface area contributed by atoms with Crippen LogP contribution in [-0.4, -0.2) is 20.5 Å². The van der Waals surface area contributed by atoms with Gasteiger partial charge in [-0.2, -0.15) is 0 Å². The molecule has 2 aromatic carbocycles. The molecule has 0 radical (unpaired) electrons. The van der Waals surface area contributed by atoms with Gasteiger partial charge in [-0.15, -0.1) is 0 Å². The summed E-state index contributed by atoms with van der Waals surface area (Å²) in [6, 6.07) is 17.1. The smallest absolute Gasteiger partial charge is 0.266 e. The average molecular weight is 279 g/mol. The van der Waals surface area contributed by atoms with Gasteiger partial charge in [0, 0.05) is 0 Å². The Balaban J connectivity index is 1.82. The molecule has 0 saturated carbocycles. The van der Waals surface area contributed by atoms with Crippen LogP contribution >= 0.6 is 11.8 Å². The number of aliphatic imine (C=N–C) groups is 1. The fourth-order valence-corrected chi connectivity index (χ4v) is 3.10. The third kappa shape index (κ3) is 1.67. The number of thioether (sulfide) groups is 1. The van der Waals surface area contributed by atoms with E-state index in [2.05, 4.69) is 9.98 Å². The lowest BCUT2D eigenvalue weighted by Gasteiger charge is -1.97. The van der Waals surface area contributed by atoms with Crippen LogP contribution in [0, 0.1) is 0 Å². The van der Waals surface area contributed by atoms with Crippen LogP contribution in [0.15, 0.2) is 64.7 Å². The summed E-state index contributed by atoms with van der Waals surface area (Å²) >= 11 is 1.32. The highest BCUT2D eigenvalue weighted by molar-refractivity contribution is 8.16. The maximum Gasteiger partial charge on any atom is 0.290 e. The predicted molar refractivity (Wildman–Crippen MR) is 79.8 cm³/mol. The molecular formula is C15H9N3OS. The molecule has 0 aliphatic carbocycles. The maximum atomic E-state index is 12.4. The Bertz CT molecular complexity index is 852. The van der Waals surface area contributed by atoms with Gasteiger partial charge in [0.25, 0.3) is 5.91 Å². The van der Waals surface area contributed by atoms with Crippen LogP contribution < -0.4 is 0 Å². The second kappa shape index (κ2) is 4.31. The molecule has 0 amide bonds. The standard InChI is InChI=1S/C15H9N3OS/c19-14-13(16-10-6-2-1-3-7-10)20-15-17-11-8-4-5-9-12(11)18(14)15/h1-9H. The Kier molecular flexibility index (Phi) is 2.47. The molecule has 0 N–H and O–H groups in total. The quantitative estimate of drug-likeness (QED) is 0.684. The van der Waals surface area contributed by atoms with Crippen LogP contribution in [0.4, 0.5) is 5.69 Å². The summed E-state index contributed by atoms with van der Waals surface area (Å²) in [5.74, 6) is -0.109. The van der Waals surface area contributed by atoms with Crippen molar-refractivity contribution >= 4 is 39.4 Å². The Morgan fingerprint density at radius 1 is 1.00 bits per heavy atom. The van der Waals surface area contributed by atoms with Crippen molar-refractivity contribution in [2.75, 3.05) is 0 Å². The van der Waals surface area contributed by atoms with Gasteiger partial charge in [0.05, 0.1) is 16.7 Å². The van der Waals surface area contributed by atoms with Crippen LogP contribution in [0.2, 0.25) is 0 Å². The first kappa shape index (κ1) is 11.4. The monoisotopic (exact) mass is 279 g/mol. The minimum Gasteiger partial charge on any atom is -0.266 e. The Morgan fingerprint density at radius 3 is 2.60 bits per heavy atom. The molecule has 0 unspecified atom stereocenters. The van der Waals surface area contributed by atoms with E-state index >= 15 is 0 Å². The van der Waals surface area contributed by atoms with Gasteiger partial charge in [-0.25, -0.2) is 9.98 Å². The van der Waals surface area contributed by atoms with Gasteiger partial charge in [0.1, 0.15) is 0 Å². The maximum absolute atomic E-state index is 12.4. The molecule has 3 aromatic rings. The number of para-hydroxylation sites is 3. The number of carbonyl (C=O) groups is 1. The number of hydrogen-bond donors (Lipinski definition) is 0. The highest BCUT2D eigenvalue weighted by Gasteiger charge is 2.30. The summed E-state index contributed by atoms with van der Waals surface area (Å²) in [6.07, 6.45) is 0. The number of rotatable bonds is 1. The summed E-state index contributed by atoms with van der Waals surface area (Å²) in [7, 11) is 0. The van der Waals surface area contributed by atoms with E-state index in [1.807, 2.05) is 54.6 Å². The number of hydrogen-bond acceptors (Lipinski definition) is 4. The lowest BCUT2D eigenvalue weighted by Crippen LogP contribution is -2.11. The van der Waals surface area contributed by atoms with Gasteiger partial charge >= 0.3 is 0 Å². The van der Waals surface area contributed by atoms with Crippen molar-refractivity contribution in [2.24, 2.45) is 4.99 Å². The molecular weight excluding hydrogens is 270 g/mol. The lowest BCUT2D eigenvalue weighted by molar-refractivity contribution is 0.0993. The van der Waals surface area contributed by atoms with Crippen molar-refractivity contribution in [1.82, 2.24) is 9.55 Å². The number of benzene rings is 2. The van der Waals surface area contributed by atoms with Crippen molar-refractivity contribution in [2.45, 2.75) is 5.16 Å². The van der Waals surface area contributed by atoms with Gasteiger partial charge in [-0.3, -0.25) is 9.36 Å². The van der Waals surface area contributed by atoms with Crippen LogP contribution in [0.25, 0.3) is 11.0 Å². The summed E-state index contributed by atoms with van der Waals surface area (Å²) in [6.45, 7) is 0. The highest BCUT2D eigenvalue weighted by atomic mass is 32.2. The molecule has 0 atom stereocenters. The first-order valence-corrected chi connectivity index (χ1v) is 6.98. The zero-order chi connectivity index (χ0) is 13.5. The third-order valence-corrected chi connectivity index (χ3v) is 4.01. The molecule has 0 fully saturated rings. The van der Waals surface area contributed by atoms with Crippen molar-refractivity contribution in [3.8, 4) is 0 Å². The van der Waals surface area contributed by atoms with Crippen LogP contribution in [-0.2, 0) is 0 Å². The minimum atomic E-state index is -0.109. The van der Waals surface area contributed by atoms with Crippen molar-refractivity contribution < 1.29 is 4.79 Å². The SMILES string of the molecule is O=C1C(=Nc2ccccc2)Sc2nc3ccccc3n21. The Labute approximate surface area is 119 Å². The van der Waals surface area contributed by atoms with Gasteiger partial charge in [0.15, 0.2) is 10.2 Å². The molecule has 4 rings (SSSR count). The normalized spacial score (nSPS) is 16.0. The number of imidazole rings is 1. The van der Waals surface area contributed by atoms with Gasteiger partial charge in [0.2, 0.25) is 0 Å². The largest absolute Gasteiger partial charge is 0.290 e. The molecule has 1 aliphatic heterocycles. The van der Waals surface area contributed by atoms with E-state index in [0.717, 1.165) is 16.7 Å². The second-order valence-electron chi connectivity index (χ2n) is 4.38. The third-order valence-electron chi connectivity index (χ3n) is 3.09. The van der Waals surface area contributed by atoms with Gasteiger partial charge in [-0.05, 0) is 36.0 Å². The van der Waals surface area contributed by atoms with E-state index in [9.17, 15) is 4.79 Å². The molecule has 2 heterocycles. The fraction of sp³-hybridized carbons (Fsp3) is 0. The summed E-state index contributed by atoms with van der Waals surface area (Å²) < 4.78 is 1.63. The average Bonchev–Trinajstić information content (AvgIpc) is 2.98. The van der Waals surface area contributed by atoms with Crippen LogP contribution in [0.3, 0.4) is 0 Å². The van der Waals surface area contributed by atoms with Crippen molar-refractivity contribution in [3.05, 3.63) is 54.6 Å². The molecule has 0 spiro atoms. The minimum absolute atomic E-state index is 0.109. The molecule has 5 heteroatoms. The van der Waals surface area contributed by atoms with Gasteiger partial charge in [-0.1, -0.05) is 30.3 Å². The van der Waals surface area contributed by atoms with E-state index in [-0.39, 0.29) is 5.91 Å². The van der Waals surface area contributed by atoms with E-state index in [1.54, 1.807) is 4.57 Å². The first-order chi connectivity index (χ1) is 9.83. The molecule has 0 saturated heterocycles. The second-order valence-corrected chi connectivity index (χ2v) is 5.33. The number of carbonyl (C=O) groups excluding carboxylic acids is 1. The van der Waals surface area contributed by atoms with Crippen LogP contribution in [0.5, 0.6) is 0 Å². The van der Waals surface area contributed by atoms with E-state index < -0.39 is 0 Å². The van der Waals surface area contributed by atoms with Crippen LogP contribution in [0.1, 0.15) is 4.79 Å². The van der Waals surface area contributed by atoms with E-state index in [4.69, 9.17) is 0 Å².